The first-order valence-corrected chi connectivity index (χ1v) is 6.36. The van der Waals surface area contributed by atoms with Crippen molar-refractivity contribution >= 4 is 22.7 Å². The zero-order valence-corrected chi connectivity index (χ0v) is 10.5. The van der Waals surface area contributed by atoms with E-state index in [1.807, 2.05) is 0 Å². The number of halogens is 1. The molecule has 4 heteroatoms. The molecule has 0 saturated carbocycles. The molecule has 3 N–H and O–H groups in total. The molecule has 0 saturated heterocycles. The third-order valence-corrected chi connectivity index (χ3v) is 3.73. The number of thiophene rings is 1. The SMILES string of the molecule is Cc1ccsc1CCNc1ccc(F)cc1N. The second kappa shape index (κ2) is 5.19. The standard InChI is InChI=1S/C13H15FN2S/c1-9-5-7-17-13(9)4-6-16-12-3-2-10(14)8-11(12)15/h2-3,5,7-8,16H,4,6,15H2,1H3. The predicted octanol–water partition coefficient (Wildman–Crippen LogP) is 3.43. The second-order valence-electron chi connectivity index (χ2n) is 3.94. The van der Waals surface area contributed by atoms with E-state index in [4.69, 9.17) is 5.73 Å². The fourth-order valence-electron chi connectivity index (χ4n) is 1.67. The van der Waals surface area contributed by atoms with E-state index in [1.54, 1.807) is 17.4 Å². The maximum Gasteiger partial charge on any atom is 0.125 e. The van der Waals surface area contributed by atoms with Crippen molar-refractivity contribution in [1.82, 2.24) is 0 Å². The van der Waals surface area contributed by atoms with Gasteiger partial charge < -0.3 is 11.1 Å². The number of aryl methyl sites for hydroxylation is 1. The lowest BCUT2D eigenvalue weighted by molar-refractivity contribution is 0.628. The van der Waals surface area contributed by atoms with Crippen LogP contribution in [-0.4, -0.2) is 6.54 Å². The van der Waals surface area contributed by atoms with Gasteiger partial charge in [-0.3, -0.25) is 0 Å². The summed E-state index contributed by atoms with van der Waals surface area (Å²) in [7, 11) is 0. The molecular weight excluding hydrogens is 235 g/mol. The van der Waals surface area contributed by atoms with Crippen LogP contribution in [0.4, 0.5) is 15.8 Å². The maximum atomic E-state index is 12.8. The van der Waals surface area contributed by atoms with Crippen molar-refractivity contribution in [3.63, 3.8) is 0 Å². The van der Waals surface area contributed by atoms with Crippen LogP contribution in [0.2, 0.25) is 0 Å². The lowest BCUT2D eigenvalue weighted by atomic mass is 10.2. The number of anilines is 2. The highest BCUT2D eigenvalue weighted by Gasteiger charge is 2.02. The largest absolute Gasteiger partial charge is 0.397 e. The van der Waals surface area contributed by atoms with E-state index < -0.39 is 0 Å². The van der Waals surface area contributed by atoms with Crippen molar-refractivity contribution < 1.29 is 4.39 Å². The fraction of sp³-hybridized carbons (Fsp3) is 0.231. The van der Waals surface area contributed by atoms with Crippen LogP contribution >= 0.6 is 11.3 Å². The van der Waals surface area contributed by atoms with Crippen LogP contribution in [0.25, 0.3) is 0 Å². The first-order chi connectivity index (χ1) is 8.16. The number of hydrogen-bond acceptors (Lipinski definition) is 3. The smallest absolute Gasteiger partial charge is 0.125 e. The van der Waals surface area contributed by atoms with Gasteiger partial charge in [0.25, 0.3) is 0 Å². The van der Waals surface area contributed by atoms with Crippen molar-refractivity contribution in [1.29, 1.82) is 0 Å². The van der Waals surface area contributed by atoms with Gasteiger partial charge in [-0.1, -0.05) is 0 Å². The molecule has 0 aliphatic carbocycles. The lowest BCUT2D eigenvalue weighted by Gasteiger charge is -2.08. The second-order valence-corrected chi connectivity index (χ2v) is 4.94. The number of nitrogens with two attached hydrogens (primary N) is 1. The van der Waals surface area contributed by atoms with E-state index in [0.29, 0.717) is 5.69 Å². The summed E-state index contributed by atoms with van der Waals surface area (Å²) in [6, 6.07) is 6.53. The van der Waals surface area contributed by atoms with Gasteiger partial charge >= 0.3 is 0 Å². The molecule has 17 heavy (non-hydrogen) atoms. The summed E-state index contributed by atoms with van der Waals surface area (Å²) in [6.07, 6.45) is 0.959. The minimum atomic E-state index is -0.304. The van der Waals surface area contributed by atoms with Crippen LogP contribution in [0.5, 0.6) is 0 Å². The average Bonchev–Trinajstić information content (AvgIpc) is 2.68. The fourth-order valence-corrected chi connectivity index (χ4v) is 2.58. The summed E-state index contributed by atoms with van der Waals surface area (Å²) in [5.74, 6) is -0.304. The number of hydrogen-bond donors (Lipinski definition) is 2. The van der Waals surface area contributed by atoms with Gasteiger partial charge in [0.1, 0.15) is 5.82 Å². The number of rotatable bonds is 4. The Balaban J connectivity index is 1.92. The van der Waals surface area contributed by atoms with Crippen LogP contribution in [0.1, 0.15) is 10.4 Å². The molecule has 2 rings (SSSR count). The molecule has 0 aliphatic rings. The lowest BCUT2D eigenvalue weighted by Crippen LogP contribution is -2.06. The molecule has 1 aromatic heterocycles. The van der Waals surface area contributed by atoms with Gasteiger partial charge in [-0.2, -0.15) is 0 Å². The zero-order chi connectivity index (χ0) is 12.3. The van der Waals surface area contributed by atoms with E-state index in [2.05, 4.69) is 23.7 Å². The van der Waals surface area contributed by atoms with Crippen molar-refractivity contribution in [2.24, 2.45) is 0 Å². The first-order valence-electron chi connectivity index (χ1n) is 5.48. The van der Waals surface area contributed by atoms with Crippen LogP contribution < -0.4 is 11.1 Å². The molecule has 0 unspecified atom stereocenters. The quantitative estimate of drug-likeness (QED) is 0.816. The van der Waals surface area contributed by atoms with Gasteiger partial charge in [0.05, 0.1) is 11.4 Å². The average molecular weight is 250 g/mol. The molecule has 2 aromatic rings. The Morgan fingerprint density at radius 2 is 2.18 bits per heavy atom. The monoisotopic (exact) mass is 250 g/mol. The molecule has 1 aromatic carbocycles. The highest BCUT2D eigenvalue weighted by atomic mass is 32.1. The third-order valence-electron chi connectivity index (χ3n) is 2.65. The van der Waals surface area contributed by atoms with Gasteiger partial charge in [-0.25, -0.2) is 4.39 Å². The maximum absolute atomic E-state index is 12.8. The molecule has 0 radical (unpaired) electrons. The molecule has 2 nitrogen and oxygen atoms in total. The van der Waals surface area contributed by atoms with E-state index in [9.17, 15) is 4.39 Å². The Hall–Kier alpha value is -1.55. The highest BCUT2D eigenvalue weighted by Crippen LogP contribution is 2.20. The summed E-state index contributed by atoms with van der Waals surface area (Å²) in [5, 5.41) is 5.31. The molecule has 0 amide bonds. The van der Waals surface area contributed by atoms with Crippen molar-refractivity contribution in [2.45, 2.75) is 13.3 Å². The molecule has 1 heterocycles. The van der Waals surface area contributed by atoms with Crippen LogP contribution in [0.15, 0.2) is 29.6 Å². The van der Waals surface area contributed by atoms with E-state index in [-0.39, 0.29) is 5.82 Å². The van der Waals surface area contributed by atoms with Gasteiger partial charge in [-0.15, -0.1) is 11.3 Å². The third kappa shape index (κ3) is 2.97. The Labute approximate surface area is 104 Å². The van der Waals surface area contributed by atoms with Crippen molar-refractivity contribution in [2.75, 3.05) is 17.6 Å². The Morgan fingerprint density at radius 3 is 2.82 bits per heavy atom. The molecule has 0 atom stereocenters. The number of nitrogen functional groups attached to an aromatic ring is 1. The minimum Gasteiger partial charge on any atom is -0.397 e. The Bertz CT molecular complexity index is 508. The van der Waals surface area contributed by atoms with Crippen LogP contribution in [0.3, 0.4) is 0 Å². The summed E-state index contributed by atoms with van der Waals surface area (Å²) in [4.78, 5) is 1.37. The molecular formula is C13H15FN2S. The molecule has 90 valence electrons. The zero-order valence-electron chi connectivity index (χ0n) is 9.66. The minimum absolute atomic E-state index is 0.304. The van der Waals surface area contributed by atoms with E-state index in [1.165, 1.54) is 22.6 Å². The Kier molecular flexibility index (Phi) is 3.64. The first kappa shape index (κ1) is 11.9. The van der Waals surface area contributed by atoms with Gasteiger partial charge in [-0.05, 0) is 48.6 Å². The molecule has 0 aliphatic heterocycles. The van der Waals surface area contributed by atoms with Crippen LogP contribution in [-0.2, 0) is 6.42 Å². The molecule has 0 fully saturated rings. The topological polar surface area (TPSA) is 38.0 Å². The van der Waals surface area contributed by atoms with E-state index in [0.717, 1.165) is 18.7 Å². The van der Waals surface area contributed by atoms with Crippen molar-refractivity contribution in [3.8, 4) is 0 Å². The normalized spacial score (nSPS) is 10.5. The highest BCUT2D eigenvalue weighted by molar-refractivity contribution is 7.10. The number of nitrogens with one attached hydrogen (secondary N) is 1. The summed E-state index contributed by atoms with van der Waals surface area (Å²) >= 11 is 1.76. The van der Waals surface area contributed by atoms with Gasteiger partial charge in [0.15, 0.2) is 0 Å². The summed E-state index contributed by atoms with van der Waals surface area (Å²) in [5.41, 5.74) is 8.28. The van der Waals surface area contributed by atoms with Gasteiger partial charge in [0, 0.05) is 11.4 Å². The number of benzene rings is 1. The molecule has 0 spiro atoms. The summed E-state index contributed by atoms with van der Waals surface area (Å²) in [6.45, 7) is 2.91. The van der Waals surface area contributed by atoms with E-state index >= 15 is 0 Å². The Morgan fingerprint density at radius 1 is 1.35 bits per heavy atom. The van der Waals surface area contributed by atoms with Gasteiger partial charge in [0.2, 0.25) is 0 Å². The predicted molar refractivity (Wildman–Crippen MR) is 72.1 cm³/mol. The summed E-state index contributed by atoms with van der Waals surface area (Å²) < 4.78 is 12.8. The van der Waals surface area contributed by atoms with Crippen molar-refractivity contribution in [3.05, 3.63) is 45.9 Å². The molecule has 0 bridgehead atoms. The van der Waals surface area contributed by atoms with Crippen LogP contribution in [0, 0.1) is 12.7 Å².